The Morgan fingerprint density at radius 1 is 1.22 bits per heavy atom. The maximum Gasteiger partial charge on any atom is 0.228 e. The van der Waals surface area contributed by atoms with Crippen LogP contribution >= 0.6 is 11.3 Å². The molecule has 0 radical (unpaired) electrons. The van der Waals surface area contributed by atoms with Gasteiger partial charge in [0.2, 0.25) is 5.91 Å². The molecule has 2 saturated heterocycles. The number of hydrogen-bond acceptors (Lipinski definition) is 4. The Labute approximate surface area is 140 Å². The van der Waals surface area contributed by atoms with Crippen molar-refractivity contribution in [2.45, 2.75) is 50.3 Å². The molecule has 2 aliphatic rings. The average Bonchev–Trinajstić information content (AvgIpc) is 3.15. The van der Waals surface area contributed by atoms with Gasteiger partial charge in [0.05, 0.1) is 6.42 Å². The first-order chi connectivity index (χ1) is 11.3. The summed E-state index contributed by atoms with van der Waals surface area (Å²) in [6.45, 7) is 0. The van der Waals surface area contributed by atoms with Gasteiger partial charge in [-0.2, -0.15) is 0 Å². The summed E-state index contributed by atoms with van der Waals surface area (Å²) in [6.07, 6.45) is 8.35. The lowest BCUT2D eigenvalue weighted by Gasteiger charge is -2.39. The molecule has 2 unspecified atom stereocenters. The van der Waals surface area contributed by atoms with Crippen LogP contribution in [0.15, 0.2) is 42.0 Å². The highest BCUT2D eigenvalue weighted by Crippen LogP contribution is 2.37. The molecule has 4 nitrogen and oxygen atoms in total. The molecule has 2 atom stereocenters. The molecule has 0 saturated carbocycles. The van der Waals surface area contributed by atoms with Gasteiger partial charge in [-0.05, 0) is 36.4 Å². The molecule has 0 spiro atoms. The van der Waals surface area contributed by atoms with E-state index in [1.54, 1.807) is 23.7 Å². The van der Waals surface area contributed by atoms with Gasteiger partial charge in [-0.25, -0.2) is 0 Å². The predicted octanol–water partition coefficient (Wildman–Crippen LogP) is 3.29. The lowest BCUT2D eigenvalue weighted by Crippen LogP contribution is -2.49. The maximum atomic E-state index is 12.7. The number of pyridine rings is 1. The van der Waals surface area contributed by atoms with Gasteiger partial charge < -0.3 is 9.64 Å². The summed E-state index contributed by atoms with van der Waals surface area (Å²) in [6, 6.07) is 8.54. The number of amides is 1. The van der Waals surface area contributed by atoms with Crippen LogP contribution in [0.4, 0.5) is 0 Å². The van der Waals surface area contributed by atoms with Crippen LogP contribution in [0.1, 0.15) is 30.6 Å². The number of piperidine rings is 1. The van der Waals surface area contributed by atoms with E-state index in [4.69, 9.17) is 4.74 Å². The minimum atomic E-state index is 0.209. The fourth-order valence-electron chi connectivity index (χ4n) is 3.89. The van der Waals surface area contributed by atoms with E-state index in [1.165, 1.54) is 0 Å². The largest absolute Gasteiger partial charge is 0.490 e. The third-order valence-electron chi connectivity index (χ3n) is 4.84. The SMILES string of the molecule is O=C(Cc1cccs1)N1C2CCC1CC(Oc1ccncc1)C2. The second kappa shape index (κ2) is 6.32. The zero-order valence-corrected chi connectivity index (χ0v) is 13.7. The number of carbonyl (C=O) groups is 1. The first-order valence-corrected chi connectivity index (χ1v) is 9.08. The first-order valence-electron chi connectivity index (χ1n) is 8.20. The van der Waals surface area contributed by atoms with E-state index in [2.05, 4.69) is 9.88 Å². The molecule has 4 heterocycles. The van der Waals surface area contributed by atoms with Crippen LogP contribution < -0.4 is 4.74 Å². The quantitative estimate of drug-likeness (QED) is 0.865. The van der Waals surface area contributed by atoms with Crippen molar-refractivity contribution in [3.63, 3.8) is 0 Å². The first kappa shape index (κ1) is 14.7. The van der Waals surface area contributed by atoms with Gasteiger partial charge in [0.15, 0.2) is 0 Å². The Balaban J connectivity index is 1.41. The number of hydrogen-bond donors (Lipinski definition) is 0. The molecule has 4 rings (SSSR count). The van der Waals surface area contributed by atoms with E-state index in [1.807, 2.05) is 29.6 Å². The predicted molar refractivity (Wildman–Crippen MR) is 89.6 cm³/mol. The van der Waals surface area contributed by atoms with Crippen molar-refractivity contribution in [1.29, 1.82) is 0 Å². The van der Waals surface area contributed by atoms with Gasteiger partial charge in [-0.1, -0.05) is 6.07 Å². The Morgan fingerprint density at radius 3 is 2.61 bits per heavy atom. The lowest BCUT2D eigenvalue weighted by atomic mass is 9.99. The Morgan fingerprint density at radius 2 is 1.96 bits per heavy atom. The molecule has 1 amide bonds. The molecule has 0 aromatic carbocycles. The molecule has 2 bridgehead atoms. The molecule has 0 aliphatic carbocycles. The molecule has 120 valence electrons. The van der Waals surface area contributed by atoms with Crippen molar-refractivity contribution in [3.05, 3.63) is 46.9 Å². The monoisotopic (exact) mass is 328 g/mol. The number of nitrogens with zero attached hydrogens (tertiary/aromatic N) is 2. The molecule has 5 heteroatoms. The summed E-state index contributed by atoms with van der Waals surface area (Å²) < 4.78 is 6.09. The fraction of sp³-hybridized carbons (Fsp3) is 0.444. The second-order valence-electron chi connectivity index (χ2n) is 6.34. The lowest BCUT2D eigenvalue weighted by molar-refractivity contribution is -0.136. The highest BCUT2D eigenvalue weighted by Gasteiger charge is 2.43. The summed E-state index contributed by atoms with van der Waals surface area (Å²) in [5, 5.41) is 2.03. The highest BCUT2D eigenvalue weighted by molar-refractivity contribution is 7.10. The number of carbonyl (C=O) groups excluding carboxylic acids is 1. The van der Waals surface area contributed by atoms with E-state index >= 15 is 0 Å². The summed E-state index contributed by atoms with van der Waals surface area (Å²) >= 11 is 1.66. The number of fused-ring (bicyclic) bond motifs is 2. The number of aromatic nitrogens is 1. The number of thiophene rings is 1. The van der Waals surface area contributed by atoms with Gasteiger partial charge in [-0.3, -0.25) is 9.78 Å². The van der Waals surface area contributed by atoms with Crippen LogP contribution in [0, 0.1) is 0 Å². The van der Waals surface area contributed by atoms with E-state index in [-0.39, 0.29) is 12.0 Å². The zero-order valence-electron chi connectivity index (χ0n) is 12.9. The minimum absolute atomic E-state index is 0.209. The summed E-state index contributed by atoms with van der Waals surface area (Å²) in [4.78, 5) is 20.0. The Kier molecular flexibility index (Phi) is 4.04. The highest BCUT2D eigenvalue weighted by atomic mass is 32.1. The van der Waals surface area contributed by atoms with Crippen LogP contribution in [0.5, 0.6) is 5.75 Å². The number of ether oxygens (including phenoxy) is 1. The molecule has 23 heavy (non-hydrogen) atoms. The van der Waals surface area contributed by atoms with Crippen molar-refractivity contribution in [3.8, 4) is 5.75 Å². The van der Waals surface area contributed by atoms with Gasteiger partial charge in [-0.15, -0.1) is 11.3 Å². The van der Waals surface area contributed by atoms with Crippen molar-refractivity contribution >= 4 is 17.2 Å². The maximum absolute atomic E-state index is 12.7. The molecular formula is C18H20N2O2S. The third kappa shape index (κ3) is 3.11. The Bertz CT molecular complexity index is 645. The molecule has 2 aromatic heterocycles. The molecule has 2 fully saturated rings. The van der Waals surface area contributed by atoms with Crippen molar-refractivity contribution in [2.75, 3.05) is 0 Å². The van der Waals surface area contributed by atoms with Crippen LogP contribution in [-0.2, 0) is 11.2 Å². The smallest absolute Gasteiger partial charge is 0.228 e. The number of rotatable bonds is 4. The van der Waals surface area contributed by atoms with Crippen molar-refractivity contribution in [1.82, 2.24) is 9.88 Å². The van der Waals surface area contributed by atoms with Crippen LogP contribution in [0.2, 0.25) is 0 Å². The van der Waals surface area contributed by atoms with Crippen LogP contribution in [-0.4, -0.2) is 34.0 Å². The molecule has 2 aromatic rings. The fourth-order valence-corrected chi connectivity index (χ4v) is 4.59. The molecule has 2 aliphatic heterocycles. The van der Waals surface area contributed by atoms with Gasteiger partial charge >= 0.3 is 0 Å². The van der Waals surface area contributed by atoms with E-state index in [0.29, 0.717) is 18.5 Å². The van der Waals surface area contributed by atoms with E-state index in [0.717, 1.165) is 36.3 Å². The molecular weight excluding hydrogens is 308 g/mol. The van der Waals surface area contributed by atoms with Gasteiger partial charge in [0, 0.05) is 42.2 Å². The average molecular weight is 328 g/mol. The van der Waals surface area contributed by atoms with E-state index < -0.39 is 0 Å². The Hall–Kier alpha value is -1.88. The van der Waals surface area contributed by atoms with Crippen LogP contribution in [0.25, 0.3) is 0 Å². The van der Waals surface area contributed by atoms with Crippen LogP contribution in [0.3, 0.4) is 0 Å². The summed E-state index contributed by atoms with van der Waals surface area (Å²) in [5.74, 6) is 1.16. The van der Waals surface area contributed by atoms with E-state index in [9.17, 15) is 4.79 Å². The standard InChI is InChI=1S/C18H20N2O2S/c21-18(12-17-2-1-9-23-17)20-13-3-4-14(20)11-16(10-13)22-15-5-7-19-8-6-15/h1-2,5-9,13-14,16H,3-4,10-12H2. The van der Waals surface area contributed by atoms with Gasteiger partial charge in [0.25, 0.3) is 0 Å². The topological polar surface area (TPSA) is 42.4 Å². The normalized spacial score (nSPS) is 26.3. The zero-order chi connectivity index (χ0) is 15.6. The molecule has 0 N–H and O–H groups in total. The van der Waals surface area contributed by atoms with Crippen molar-refractivity contribution < 1.29 is 9.53 Å². The van der Waals surface area contributed by atoms with Crippen molar-refractivity contribution in [2.24, 2.45) is 0 Å². The summed E-state index contributed by atoms with van der Waals surface area (Å²) in [7, 11) is 0. The summed E-state index contributed by atoms with van der Waals surface area (Å²) in [5.41, 5.74) is 0. The van der Waals surface area contributed by atoms with Gasteiger partial charge in [0.1, 0.15) is 11.9 Å². The third-order valence-corrected chi connectivity index (χ3v) is 5.71. The minimum Gasteiger partial charge on any atom is -0.490 e. The second-order valence-corrected chi connectivity index (χ2v) is 7.37.